The first-order chi connectivity index (χ1) is 16.1. The van der Waals surface area contributed by atoms with E-state index in [0.717, 1.165) is 66.3 Å². The molecular formula is C28H34N2O3. The molecule has 1 amide bonds. The SMILES string of the molecule is CCN(CC)C(=O)c1ccc(C2=CC3(CCNCC3)Oc3ccc(OCC4CC4)cc32)cc1. The van der Waals surface area contributed by atoms with E-state index in [0.29, 0.717) is 19.0 Å². The Morgan fingerprint density at radius 2 is 1.82 bits per heavy atom. The van der Waals surface area contributed by atoms with Gasteiger partial charge in [-0.15, -0.1) is 0 Å². The van der Waals surface area contributed by atoms with Crippen LogP contribution >= 0.6 is 0 Å². The van der Waals surface area contributed by atoms with Crippen LogP contribution in [0.2, 0.25) is 0 Å². The molecule has 2 aromatic rings. The molecule has 2 fully saturated rings. The molecule has 33 heavy (non-hydrogen) atoms. The minimum Gasteiger partial charge on any atom is -0.493 e. The van der Waals surface area contributed by atoms with Crippen molar-refractivity contribution in [3.63, 3.8) is 0 Å². The predicted molar refractivity (Wildman–Crippen MR) is 131 cm³/mol. The fraction of sp³-hybridized carbons (Fsp3) is 0.464. The van der Waals surface area contributed by atoms with Crippen molar-refractivity contribution < 1.29 is 14.3 Å². The highest BCUT2D eigenvalue weighted by molar-refractivity contribution is 5.95. The molecule has 0 bridgehead atoms. The quantitative estimate of drug-likeness (QED) is 0.657. The third-order valence-electron chi connectivity index (χ3n) is 7.09. The average molecular weight is 447 g/mol. The van der Waals surface area contributed by atoms with E-state index in [9.17, 15) is 4.79 Å². The van der Waals surface area contributed by atoms with E-state index in [2.05, 4.69) is 35.7 Å². The van der Waals surface area contributed by atoms with Crippen molar-refractivity contribution in [1.82, 2.24) is 10.2 Å². The molecule has 5 heteroatoms. The molecule has 0 radical (unpaired) electrons. The van der Waals surface area contributed by atoms with E-state index in [1.54, 1.807) is 0 Å². The summed E-state index contributed by atoms with van der Waals surface area (Å²) in [5.41, 5.74) is 3.77. The van der Waals surface area contributed by atoms with Gasteiger partial charge in [-0.25, -0.2) is 0 Å². The van der Waals surface area contributed by atoms with E-state index in [-0.39, 0.29) is 11.5 Å². The number of hydrogen-bond acceptors (Lipinski definition) is 4. The van der Waals surface area contributed by atoms with Gasteiger partial charge in [0, 0.05) is 37.1 Å². The van der Waals surface area contributed by atoms with Crippen molar-refractivity contribution >= 4 is 11.5 Å². The zero-order chi connectivity index (χ0) is 22.8. The highest BCUT2D eigenvalue weighted by atomic mass is 16.5. The molecule has 0 atom stereocenters. The van der Waals surface area contributed by atoms with E-state index in [1.165, 1.54) is 12.8 Å². The van der Waals surface area contributed by atoms with Crippen LogP contribution in [0.25, 0.3) is 5.57 Å². The molecule has 1 aliphatic carbocycles. The summed E-state index contributed by atoms with van der Waals surface area (Å²) in [6.07, 6.45) is 6.73. The Hall–Kier alpha value is -2.79. The fourth-order valence-corrected chi connectivity index (χ4v) is 4.81. The van der Waals surface area contributed by atoms with Gasteiger partial charge < -0.3 is 19.7 Å². The first-order valence-electron chi connectivity index (χ1n) is 12.4. The van der Waals surface area contributed by atoms with Crippen molar-refractivity contribution in [2.75, 3.05) is 32.8 Å². The average Bonchev–Trinajstić information content (AvgIpc) is 3.68. The van der Waals surface area contributed by atoms with Crippen LogP contribution in [0.4, 0.5) is 0 Å². The molecule has 1 spiro atoms. The van der Waals surface area contributed by atoms with Gasteiger partial charge in [0.1, 0.15) is 17.1 Å². The van der Waals surface area contributed by atoms with Crippen LogP contribution in [0, 0.1) is 5.92 Å². The minimum atomic E-state index is -0.292. The molecule has 2 aromatic carbocycles. The normalized spacial score (nSPS) is 18.8. The summed E-state index contributed by atoms with van der Waals surface area (Å²) in [4.78, 5) is 14.6. The number of hydrogen-bond donors (Lipinski definition) is 1. The second kappa shape index (κ2) is 9.22. The van der Waals surface area contributed by atoms with Gasteiger partial charge in [0.2, 0.25) is 0 Å². The van der Waals surface area contributed by atoms with Gasteiger partial charge in [-0.3, -0.25) is 4.79 Å². The molecule has 0 aromatic heterocycles. The predicted octanol–water partition coefficient (Wildman–Crippen LogP) is 4.90. The summed E-state index contributed by atoms with van der Waals surface area (Å²) in [6.45, 7) is 8.14. The minimum absolute atomic E-state index is 0.0819. The number of piperidine rings is 1. The summed E-state index contributed by atoms with van der Waals surface area (Å²) in [6, 6.07) is 14.3. The summed E-state index contributed by atoms with van der Waals surface area (Å²) in [5, 5.41) is 3.45. The molecular weight excluding hydrogens is 412 g/mol. The van der Waals surface area contributed by atoms with Crippen LogP contribution in [0.1, 0.15) is 61.0 Å². The smallest absolute Gasteiger partial charge is 0.253 e. The molecule has 1 saturated heterocycles. The zero-order valence-electron chi connectivity index (χ0n) is 19.7. The molecule has 5 rings (SSSR count). The van der Waals surface area contributed by atoms with E-state index in [4.69, 9.17) is 9.47 Å². The van der Waals surface area contributed by atoms with Gasteiger partial charge in [0.05, 0.1) is 6.61 Å². The topological polar surface area (TPSA) is 50.8 Å². The fourth-order valence-electron chi connectivity index (χ4n) is 4.81. The van der Waals surface area contributed by atoms with Crippen LogP contribution < -0.4 is 14.8 Å². The molecule has 174 valence electrons. The lowest BCUT2D eigenvalue weighted by Gasteiger charge is -2.40. The van der Waals surface area contributed by atoms with Crippen molar-refractivity contribution in [1.29, 1.82) is 0 Å². The monoisotopic (exact) mass is 446 g/mol. The molecule has 2 aliphatic heterocycles. The molecule has 1 saturated carbocycles. The van der Waals surface area contributed by atoms with Crippen molar-refractivity contribution in [2.45, 2.75) is 45.1 Å². The van der Waals surface area contributed by atoms with Gasteiger partial charge >= 0.3 is 0 Å². The molecule has 3 aliphatic rings. The summed E-state index contributed by atoms with van der Waals surface area (Å²) in [7, 11) is 0. The van der Waals surface area contributed by atoms with E-state index >= 15 is 0 Å². The highest BCUT2D eigenvalue weighted by Crippen LogP contribution is 2.44. The van der Waals surface area contributed by atoms with Crippen LogP contribution in [0.3, 0.4) is 0 Å². The van der Waals surface area contributed by atoms with Crippen molar-refractivity contribution in [2.24, 2.45) is 5.92 Å². The van der Waals surface area contributed by atoms with E-state index in [1.807, 2.05) is 36.9 Å². The molecule has 5 nitrogen and oxygen atoms in total. The number of benzene rings is 2. The Kier molecular flexibility index (Phi) is 6.15. The van der Waals surface area contributed by atoms with Gasteiger partial charge in [-0.05, 0) is 93.2 Å². The van der Waals surface area contributed by atoms with Crippen LogP contribution in [-0.2, 0) is 0 Å². The number of fused-ring (bicyclic) bond motifs is 1. The van der Waals surface area contributed by atoms with Gasteiger partial charge in [0.15, 0.2) is 0 Å². The Labute approximate surface area is 196 Å². The summed E-state index contributed by atoms with van der Waals surface area (Å²) >= 11 is 0. The maximum absolute atomic E-state index is 12.8. The first-order valence-corrected chi connectivity index (χ1v) is 12.4. The summed E-state index contributed by atoms with van der Waals surface area (Å²) < 4.78 is 12.7. The Morgan fingerprint density at radius 3 is 2.48 bits per heavy atom. The zero-order valence-corrected chi connectivity index (χ0v) is 19.7. The number of amides is 1. The lowest BCUT2D eigenvalue weighted by atomic mass is 9.83. The van der Waals surface area contributed by atoms with Crippen molar-refractivity contribution in [3.8, 4) is 11.5 Å². The second-order valence-electron chi connectivity index (χ2n) is 9.44. The van der Waals surface area contributed by atoms with Crippen LogP contribution in [-0.4, -0.2) is 49.2 Å². The van der Waals surface area contributed by atoms with Crippen LogP contribution in [0.15, 0.2) is 48.5 Å². The Balaban J connectivity index is 1.49. The number of carbonyl (C=O) groups excluding carboxylic acids is 1. The third-order valence-corrected chi connectivity index (χ3v) is 7.09. The number of carbonyl (C=O) groups is 1. The highest BCUT2D eigenvalue weighted by Gasteiger charge is 2.37. The van der Waals surface area contributed by atoms with Crippen molar-refractivity contribution in [3.05, 3.63) is 65.2 Å². The molecule has 2 heterocycles. The maximum atomic E-state index is 12.8. The first kappa shape index (κ1) is 22.0. The lowest BCUT2D eigenvalue weighted by molar-refractivity contribution is 0.0772. The van der Waals surface area contributed by atoms with Gasteiger partial charge in [-0.1, -0.05) is 12.1 Å². The number of nitrogens with one attached hydrogen (secondary N) is 1. The molecule has 1 N–H and O–H groups in total. The lowest BCUT2D eigenvalue weighted by Crippen LogP contribution is -2.46. The Bertz CT molecular complexity index is 1030. The van der Waals surface area contributed by atoms with E-state index < -0.39 is 0 Å². The Morgan fingerprint density at radius 1 is 1.09 bits per heavy atom. The van der Waals surface area contributed by atoms with Gasteiger partial charge in [-0.2, -0.15) is 0 Å². The summed E-state index contributed by atoms with van der Waals surface area (Å²) in [5.74, 6) is 2.60. The van der Waals surface area contributed by atoms with Crippen LogP contribution in [0.5, 0.6) is 11.5 Å². The second-order valence-corrected chi connectivity index (χ2v) is 9.44. The maximum Gasteiger partial charge on any atom is 0.253 e. The molecule has 0 unspecified atom stereocenters. The third kappa shape index (κ3) is 4.65. The standard InChI is InChI=1S/C28H34N2O3/c1-3-30(4-2)27(31)22-9-7-21(8-10-22)25-18-28(13-15-29-16-14-28)33-26-12-11-23(17-24(25)26)32-19-20-5-6-20/h7-12,17-18,20,29H,3-6,13-16,19H2,1-2H3. The largest absolute Gasteiger partial charge is 0.493 e. The number of nitrogens with zero attached hydrogens (tertiary/aromatic N) is 1. The van der Waals surface area contributed by atoms with Gasteiger partial charge in [0.25, 0.3) is 5.91 Å². The number of rotatable bonds is 7. The number of ether oxygens (including phenoxy) is 2.